The van der Waals surface area contributed by atoms with E-state index in [9.17, 15) is 4.79 Å². The van der Waals surface area contributed by atoms with Gasteiger partial charge in [-0.15, -0.1) is 0 Å². The Morgan fingerprint density at radius 1 is 1.71 bits per heavy atom. The van der Waals surface area contributed by atoms with Crippen molar-refractivity contribution in [2.75, 3.05) is 0 Å². The lowest BCUT2D eigenvalue weighted by Gasteiger charge is -2.33. The van der Waals surface area contributed by atoms with Crippen LogP contribution in [0.2, 0.25) is 0 Å². The molecule has 1 aromatic rings. The molecule has 1 fully saturated rings. The third kappa shape index (κ3) is 1.64. The van der Waals surface area contributed by atoms with Gasteiger partial charge in [-0.1, -0.05) is 13.3 Å². The fraction of sp³-hybridized carbons (Fsp3) is 0.600. The molecule has 2 rings (SSSR count). The molecular weight excluding hydrogens is 180 g/mol. The molecule has 76 valence electrons. The fourth-order valence-electron chi connectivity index (χ4n) is 1.82. The first-order chi connectivity index (χ1) is 6.66. The molecule has 0 spiro atoms. The van der Waals surface area contributed by atoms with E-state index in [1.54, 1.807) is 16.9 Å². The Labute approximate surface area is 82.5 Å². The highest BCUT2D eigenvalue weighted by Gasteiger charge is 2.27. The molecule has 4 heteroatoms. The van der Waals surface area contributed by atoms with Crippen LogP contribution in [0.1, 0.15) is 30.3 Å². The average Bonchev–Trinajstić information content (AvgIpc) is 2.60. The topological polar surface area (TPSA) is 55.1 Å². The SMILES string of the molecule is CC1CCC1Cn1ccc(C(=O)O)n1. The van der Waals surface area contributed by atoms with Gasteiger partial charge in [0.15, 0.2) is 5.69 Å². The highest BCUT2D eigenvalue weighted by atomic mass is 16.4. The Hall–Kier alpha value is -1.32. The normalized spacial score (nSPS) is 25.8. The lowest BCUT2D eigenvalue weighted by atomic mass is 9.75. The first-order valence-electron chi connectivity index (χ1n) is 4.93. The van der Waals surface area contributed by atoms with Crippen molar-refractivity contribution < 1.29 is 9.90 Å². The van der Waals surface area contributed by atoms with Gasteiger partial charge in [-0.25, -0.2) is 4.79 Å². The summed E-state index contributed by atoms with van der Waals surface area (Å²) in [5.74, 6) is 0.481. The number of aromatic carboxylic acids is 1. The quantitative estimate of drug-likeness (QED) is 0.795. The van der Waals surface area contributed by atoms with Crippen molar-refractivity contribution in [1.82, 2.24) is 9.78 Å². The molecule has 2 atom stereocenters. The number of nitrogens with zero attached hydrogens (tertiary/aromatic N) is 2. The molecule has 1 aliphatic carbocycles. The van der Waals surface area contributed by atoms with E-state index in [-0.39, 0.29) is 5.69 Å². The number of hydrogen-bond donors (Lipinski definition) is 1. The number of carboxylic acid groups (broad SMARTS) is 1. The molecule has 0 radical (unpaired) electrons. The summed E-state index contributed by atoms with van der Waals surface area (Å²) in [6, 6.07) is 1.55. The second-order valence-electron chi connectivity index (χ2n) is 4.04. The predicted octanol–water partition coefficient (Wildman–Crippen LogP) is 1.63. The molecule has 0 bridgehead atoms. The smallest absolute Gasteiger partial charge is 0.356 e. The molecular formula is C10H14N2O2. The zero-order chi connectivity index (χ0) is 10.1. The van der Waals surface area contributed by atoms with Crippen LogP contribution in [-0.4, -0.2) is 20.9 Å². The Balaban J connectivity index is 1.99. The first-order valence-corrected chi connectivity index (χ1v) is 4.93. The summed E-state index contributed by atoms with van der Waals surface area (Å²) in [5.41, 5.74) is 0.136. The predicted molar refractivity (Wildman–Crippen MR) is 51.1 cm³/mol. The van der Waals surface area contributed by atoms with Crippen molar-refractivity contribution >= 4 is 5.97 Å². The van der Waals surface area contributed by atoms with Gasteiger partial charge in [-0.3, -0.25) is 4.68 Å². The van der Waals surface area contributed by atoms with Crippen molar-refractivity contribution in [3.63, 3.8) is 0 Å². The molecule has 4 nitrogen and oxygen atoms in total. The maximum atomic E-state index is 10.6. The zero-order valence-electron chi connectivity index (χ0n) is 8.18. The molecule has 1 heterocycles. The highest BCUT2D eigenvalue weighted by Crippen LogP contribution is 2.34. The van der Waals surface area contributed by atoms with E-state index in [4.69, 9.17) is 5.11 Å². The van der Waals surface area contributed by atoms with Gasteiger partial charge in [-0.05, 0) is 24.3 Å². The highest BCUT2D eigenvalue weighted by molar-refractivity contribution is 5.84. The van der Waals surface area contributed by atoms with E-state index >= 15 is 0 Å². The average molecular weight is 194 g/mol. The molecule has 0 saturated heterocycles. The number of hydrogen-bond acceptors (Lipinski definition) is 2. The summed E-state index contributed by atoms with van der Waals surface area (Å²) in [6.07, 6.45) is 4.27. The van der Waals surface area contributed by atoms with Crippen LogP contribution < -0.4 is 0 Å². The van der Waals surface area contributed by atoms with Crippen LogP contribution in [0.25, 0.3) is 0 Å². The van der Waals surface area contributed by atoms with Gasteiger partial charge < -0.3 is 5.11 Å². The van der Waals surface area contributed by atoms with Crippen molar-refractivity contribution in [3.05, 3.63) is 18.0 Å². The third-order valence-electron chi connectivity index (χ3n) is 3.08. The van der Waals surface area contributed by atoms with Crippen molar-refractivity contribution in [2.24, 2.45) is 11.8 Å². The second-order valence-corrected chi connectivity index (χ2v) is 4.04. The summed E-state index contributed by atoms with van der Waals surface area (Å²) in [6.45, 7) is 3.09. The van der Waals surface area contributed by atoms with Gasteiger partial charge in [0.05, 0.1) is 0 Å². The monoisotopic (exact) mass is 194 g/mol. The first kappa shape index (κ1) is 9.24. The van der Waals surface area contributed by atoms with Gasteiger partial charge in [0, 0.05) is 12.7 Å². The second kappa shape index (κ2) is 3.44. The van der Waals surface area contributed by atoms with E-state index in [0.29, 0.717) is 5.92 Å². The van der Waals surface area contributed by atoms with Crippen LogP contribution in [0, 0.1) is 11.8 Å². The Bertz CT molecular complexity index is 346. The van der Waals surface area contributed by atoms with Crippen LogP contribution in [0.15, 0.2) is 12.3 Å². The fourth-order valence-corrected chi connectivity index (χ4v) is 1.82. The molecule has 2 unspecified atom stereocenters. The number of carboxylic acids is 1. The third-order valence-corrected chi connectivity index (χ3v) is 3.08. The van der Waals surface area contributed by atoms with Gasteiger partial charge in [-0.2, -0.15) is 5.10 Å². The van der Waals surface area contributed by atoms with Crippen molar-refractivity contribution in [2.45, 2.75) is 26.3 Å². The minimum atomic E-state index is -0.953. The number of carbonyl (C=O) groups is 1. The minimum Gasteiger partial charge on any atom is -0.476 e. The van der Waals surface area contributed by atoms with Crippen LogP contribution in [0.4, 0.5) is 0 Å². The van der Waals surface area contributed by atoms with E-state index in [1.807, 2.05) is 0 Å². The zero-order valence-corrected chi connectivity index (χ0v) is 8.18. The summed E-state index contributed by atoms with van der Waals surface area (Å²) in [4.78, 5) is 10.6. The molecule has 0 amide bonds. The molecule has 0 aliphatic heterocycles. The van der Waals surface area contributed by atoms with Gasteiger partial charge in [0.1, 0.15) is 0 Å². The standard InChI is InChI=1S/C10H14N2O2/c1-7-2-3-8(7)6-12-5-4-9(11-12)10(13)14/h4-5,7-8H,2-3,6H2,1H3,(H,13,14). The Kier molecular flexibility index (Phi) is 2.27. The van der Waals surface area contributed by atoms with Crippen LogP contribution in [0.5, 0.6) is 0 Å². The van der Waals surface area contributed by atoms with E-state index < -0.39 is 5.97 Å². The number of rotatable bonds is 3. The van der Waals surface area contributed by atoms with E-state index in [2.05, 4.69) is 12.0 Å². The Morgan fingerprint density at radius 2 is 2.50 bits per heavy atom. The Morgan fingerprint density at radius 3 is 2.93 bits per heavy atom. The molecule has 14 heavy (non-hydrogen) atoms. The van der Waals surface area contributed by atoms with Gasteiger partial charge in [0.2, 0.25) is 0 Å². The summed E-state index contributed by atoms with van der Waals surface area (Å²) in [5, 5.41) is 12.7. The molecule has 1 aromatic heterocycles. The van der Waals surface area contributed by atoms with Gasteiger partial charge >= 0.3 is 5.97 Å². The van der Waals surface area contributed by atoms with Crippen LogP contribution in [-0.2, 0) is 6.54 Å². The maximum absolute atomic E-state index is 10.6. The molecule has 1 saturated carbocycles. The van der Waals surface area contributed by atoms with Crippen molar-refractivity contribution in [3.8, 4) is 0 Å². The van der Waals surface area contributed by atoms with Gasteiger partial charge in [0.25, 0.3) is 0 Å². The summed E-state index contributed by atoms with van der Waals surface area (Å²) < 4.78 is 1.74. The minimum absolute atomic E-state index is 0.136. The summed E-state index contributed by atoms with van der Waals surface area (Å²) >= 11 is 0. The van der Waals surface area contributed by atoms with E-state index in [0.717, 1.165) is 12.5 Å². The molecule has 1 N–H and O–H groups in total. The largest absolute Gasteiger partial charge is 0.476 e. The lowest BCUT2D eigenvalue weighted by Crippen LogP contribution is -2.27. The van der Waals surface area contributed by atoms with Crippen LogP contribution >= 0.6 is 0 Å². The molecule has 1 aliphatic rings. The summed E-state index contributed by atoms with van der Waals surface area (Å²) in [7, 11) is 0. The maximum Gasteiger partial charge on any atom is 0.356 e. The number of aromatic nitrogens is 2. The van der Waals surface area contributed by atoms with Crippen molar-refractivity contribution in [1.29, 1.82) is 0 Å². The van der Waals surface area contributed by atoms with Crippen LogP contribution in [0.3, 0.4) is 0 Å². The lowest BCUT2D eigenvalue weighted by molar-refractivity contribution is 0.0688. The van der Waals surface area contributed by atoms with E-state index in [1.165, 1.54) is 12.8 Å². The molecule has 0 aromatic carbocycles.